The van der Waals surface area contributed by atoms with Crippen molar-refractivity contribution in [2.24, 2.45) is 0 Å². The van der Waals surface area contributed by atoms with Crippen LogP contribution in [0.5, 0.6) is 0 Å². The monoisotopic (exact) mass is 351 g/mol. The molecule has 92 valence electrons. The Bertz CT molecular complexity index is 555. The molecule has 0 atom stereocenters. The Kier molecular flexibility index (Phi) is 4.01. The largest absolute Gasteiger partial charge is 0.322 e. The van der Waals surface area contributed by atoms with Gasteiger partial charge in [0.15, 0.2) is 0 Å². The van der Waals surface area contributed by atoms with Gasteiger partial charge in [0.25, 0.3) is 5.91 Å². The number of halogens is 1. The number of hydrogen-bond donors (Lipinski definition) is 1. The van der Waals surface area contributed by atoms with Gasteiger partial charge in [0.05, 0.1) is 0 Å². The first kappa shape index (κ1) is 13.1. The van der Waals surface area contributed by atoms with Gasteiger partial charge in [-0.25, -0.2) is 0 Å². The lowest BCUT2D eigenvalue weighted by Crippen LogP contribution is -2.13. The maximum Gasteiger partial charge on any atom is 0.255 e. The van der Waals surface area contributed by atoms with E-state index in [9.17, 15) is 4.79 Å². The van der Waals surface area contributed by atoms with Gasteiger partial charge in [-0.2, -0.15) is 0 Å². The van der Waals surface area contributed by atoms with Crippen molar-refractivity contribution in [3.05, 3.63) is 62.7 Å². The highest BCUT2D eigenvalue weighted by Gasteiger charge is 2.09. The van der Waals surface area contributed by atoms with Gasteiger partial charge >= 0.3 is 0 Å². The van der Waals surface area contributed by atoms with Gasteiger partial charge in [-0.05, 0) is 71.8 Å². The topological polar surface area (TPSA) is 29.1 Å². The van der Waals surface area contributed by atoms with E-state index in [4.69, 9.17) is 0 Å². The number of anilines is 1. The molecule has 2 aromatic carbocycles. The molecule has 0 bridgehead atoms. The van der Waals surface area contributed by atoms with Gasteiger partial charge in [0.2, 0.25) is 0 Å². The summed E-state index contributed by atoms with van der Waals surface area (Å²) < 4.78 is 1.18. The van der Waals surface area contributed by atoms with E-state index < -0.39 is 0 Å². The van der Waals surface area contributed by atoms with Crippen molar-refractivity contribution < 1.29 is 4.79 Å². The van der Waals surface area contributed by atoms with Crippen LogP contribution in [0.15, 0.2) is 42.5 Å². The molecule has 0 saturated heterocycles. The molecule has 0 aliphatic rings. The van der Waals surface area contributed by atoms with E-state index >= 15 is 0 Å². The molecule has 0 aromatic heterocycles. The summed E-state index contributed by atoms with van der Waals surface area (Å²) in [6.45, 7) is 4.02. The lowest BCUT2D eigenvalue weighted by molar-refractivity contribution is 0.102. The van der Waals surface area contributed by atoms with Crippen molar-refractivity contribution in [1.29, 1.82) is 0 Å². The summed E-state index contributed by atoms with van der Waals surface area (Å²) in [7, 11) is 0. The molecule has 3 heteroatoms. The normalized spacial score (nSPS) is 10.2. The van der Waals surface area contributed by atoms with Crippen molar-refractivity contribution in [3.8, 4) is 0 Å². The van der Waals surface area contributed by atoms with Crippen LogP contribution in [0, 0.1) is 17.4 Å². The molecule has 0 unspecified atom stereocenters. The van der Waals surface area contributed by atoms with E-state index in [1.165, 1.54) is 3.57 Å². The summed E-state index contributed by atoms with van der Waals surface area (Å²) in [6.07, 6.45) is 0. The van der Waals surface area contributed by atoms with Gasteiger partial charge in [-0.15, -0.1) is 0 Å². The number of amides is 1. The van der Waals surface area contributed by atoms with Gasteiger partial charge in [-0.1, -0.05) is 18.2 Å². The molecule has 0 aliphatic heterocycles. The van der Waals surface area contributed by atoms with Crippen LogP contribution >= 0.6 is 22.6 Å². The zero-order chi connectivity index (χ0) is 13.1. The fraction of sp³-hybridized carbons (Fsp3) is 0.133. The summed E-state index contributed by atoms with van der Waals surface area (Å²) in [5, 5.41) is 2.98. The molecule has 2 rings (SSSR count). The van der Waals surface area contributed by atoms with Crippen molar-refractivity contribution in [2.75, 3.05) is 5.32 Å². The molecule has 0 saturated carbocycles. The molecule has 1 N–H and O–H groups in total. The van der Waals surface area contributed by atoms with Gasteiger partial charge in [0.1, 0.15) is 0 Å². The van der Waals surface area contributed by atoms with E-state index in [0.29, 0.717) is 5.56 Å². The Morgan fingerprint density at radius 3 is 2.17 bits per heavy atom. The van der Waals surface area contributed by atoms with E-state index in [0.717, 1.165) is 16.8 Å². The molecule has 0 fully saturated rings. The molecule has 0 aliphatic carbocycles. The molecule has 2 aromatic rings. The first-order valence-electron chi connectivity index (χ1n) is 5.71. The van der Waals surface area contributed by atoms with Gasteiger partial charge < -0.3 is 5.32 Å². The maximum atomic E-state index is 12.1. The first-order chi connectivity index (χ1) is 8.58. The van der Waals surface area contributed by atoms with Gasteiger partial charge in [0, 0.05) is 14.8 Å². The zero-order valence-corrected chi connectivity index (χ0v) is 12.5. The molecule has 1 amide bonds. The molecule has 2 nitrogen and oxygen atoms in total. The number of hydrogen-bond acceptors (Lipinski definition) is 1. The van der Waals surface area contributed by atoms with Crippen molar-refractivity contribution in [2.45, 2.75) is 13.8 Å². The average Bonchev–Trinajstić information content (AvgIpc) is 2.34. The fourth-order valence-electron chi connectivity index (χ4n) is 1.88. The second kappa shape index (κ2) is 5.52. The van der Waals surface area contributed by atoms with E-state index in [2.05, 4.69) is 40.0 Å². The number of rotatable bonds is 2. The van der Waals surface area contributed by atoms with Crippen LogP contribution in [0.3, 0.4) is 0 Å². The van der Waals surface area contributed by atoms with Crippen LogP contribution < -0.4 is 5.32 Å². The van der Waals surface area contributed by atoms with Crippen LogP contribution in [0.4, 0.5) is 5.69 Å². The Balaban J connectivity index is 2.28. The third-order valence-electron chi connectivity index (χ3n) is 2.77. The van der Waals surface area contributed by atoms with Gasteiger partial charge in [-0.3, -0.25) is 4.79 Å². The Hall–Kier alpha value is -1.36. The summed E-state index contributed by atoms with van der Waals surface area (Å²) in [6, 6.07) is 13.4. The maximum absolute atomic E-state index is 12.1. The SMILES string of the molecule is Cc1cc(I)cc(C)c1NC(=O)c1ccccc1. The Labute approximate surface area is 121 Å². The molecular formula is C15H14INO. The van der Waals surface area contributed by atoms with Crippen molar-refractivity contribution in [1.82, 2.24) is 0 Å². The minimum atomic E-state index is -0.0667. The summed E-state index contributed by atoms with van der Waals surface area (Å²) in [5.41, 5.74) is 3.76. The van der Waals surface area contributed by atoms with Crippen LogP contribution in [-0.4, -0.2) is 5.91 Å². The Morgan fingerprint density at radius 2 is 1.61 bits per heavy atom. The highest BCUT2D eigenvalue weighted by Crippen LogP contribution is 2.23. The summed E-state index contributed by atoms with van der Waals surface area (Å²) >= 11 is 2.28. The molecule has 0 spiro atoms. The lowest BCUT2D eigenvalue weighted by atomic mass is 10.1. The number of carbonyl (C=O) groups is 1. The van der Waals surface area contributed by atoms with E-state index in [1.54, 1.807) is 0 Å². The standard InChI is InChI=1S/C15H14INO/c1-10-8-13(16)9-11(2)14(10)17-15(18)12-6-4-3-5-7-12/h3-9H,1-2H3,(H,17,18). The Morgan fingerprint density at radius 1 is 1.06 bits per heavy atom. The van der Waals surface area contributed by atoms with Crippen LogP contribution in [-0.2, 0) is 0 Å². The molecular weight excluding hydrogens is 337 g/mol. The molecule has 18 heavy (non-hydrogen) atoms. The van der Waals surface area contributed by atoms with E-state index in [-0.39, 0.29) is 5.91 Å². The van der Waals surface area contributed by atoms with Crippen molar-refractivity contribution >= 4 is 34.2 Å². The highest BCUT2D eigenvalue weighted by molar-refractivity contribution is 14.1. The van der Waals surface area contributed by atoms with E-state index in [1.807, 2.05) is 44.2 Å². The average molecular weight is 351 g/mol. The predicted molar refractivity (Wildman–Crippen MR) is 83.0 cm³/mol. The highest BCUT2D eigenvalue weighted by atomic mass is 127. The van der Waals surface area contributed by atoms with Crippen LogP contribution in [0.1, 0.15) is 21.5 Å². The van der Waals surface area contributed by atoms with Crippen LogP contribution in [0.2, 0.25) is 0 Å². The number of carbonyl (C=O) groups excluding carboxylic acids is 1. The fourth-order valence-corrected chi connectivity index (χ4v) is 2.82. The third-order valence-corrected chi connectivity index (χ3v) is 3.39. The quantitative estimate of drug-likeness (QED) is 0.809. The molecule has 0 heterocycles. The minimum Gasteiger partial charge on any atom is -0.322 e. The number of nitrogens with one attached hydrogen (secondary N) is 1. The number of benzene rings is 2. The van der Waals surface area contributed by atoms with Crippen molar-refractivity contribution in [3.63, 3.8) is 0 Å². The second-order valence-electron chi connectivity index (χ2n) is 4.23. The summed E-state index contributed by atoms with van der Waals surface area (Å²) in [5.74, 6) is -0.0667. The first-order valence-corrected chi connectivity index (χ1v) is 6.79. The van der Waals surface area contributed by atoms with Crippen LogP contribution in [0.25, 0.3) is 0 Å². The third kappa shape index (κ3) is 2.90. The number of aryl methyl sites for hydroxylation is 2. The summed E-state index contributed by atoms with van der Waals surface area (Å²) in [4.78, 5) is 12.1. The minimum absolute atomic E-state index is 0.0667. The second-order valence-corrected chi connectivity index (χ2v) is 5.48. The zero-order valence-electron chi connectivity index (χ0n) is 10.3. The smallest absolute Gasteiger partial charge is 0.255 e. The lowest BCUT2D eigenvalue weighted by Gasteiger charge is -2.12. The molecule has 0 radical (unpaired) electrons. The predicted octanol–water partition coefficient (Wildman–Crippen LogP) is 4.16.